The van der Waals surface area contributed by atoms with Gasteiger partial charge in [-0.15, -0.1) is 0 Å². The molecule has 116 valence electrons. The summed E-state index contributed by atoms with van der Waals surface area (Å²) in [6.45, 7) is 2.27. The first-order valence-corrected chi connectivity index (χ1v) is 7.55. The summed E-state index contributed by atoms with van der Waals surface area (Å²) < 4.78 is 13.0. The maximum Gasteiger partial charge on any atom is 0.243 e. The van der Waals surface area contributed by atoms with Gasteiger partial charge < -0.3 is 10.6 Å². The zero-order chi connectivity index (χ0) is 15.8. The summed E-state index contributed by atoms with van der Waals surface area (Å²) in [5.74, 6) is -0.487. The lowest BCUT2D eigenvalue weighted by Crippen LogP contribution is -2.21. The first-order chi connectivity index (χ1) is 10.7. The summed E-state index contributed by atoms with van der Waals surface area (Å²) in [7, 11) is 0. The molecule has 0 aliphatic rings. The van der Waals surface area contributed by atoms with Gasteiger partial charge in [0.2, 0.25) is 5.91 Å². The first-order valence-electron chi connectivity index (χ1n) is 7.55. The predicted octanol–water partition coefficient (Wildman–Crippen LogP) is 4.22. The summed E-state index contributed by atoms with van der Waals surface area (Å²) in [6, 6.07) is 13.9. The van der Waals surface area contributed by atoms with E-state index in [0.29, 0.717) is 5.69 Å². The van der Waals surface area contributed by atoms with Crippen LogP contribution in [0.15, 0.2) is 48.5 Å². The minimum Gasteiger partial charge on any atom is -0.376 e. The molecule has 0 heterocycles. The van der Waals surface area contributed by atoms with Crippen LogP contribution in [0.25, 0.3) is 0 Å². The second-order valence-electron chi connectivity index (χ2n) is 5.21. The van der Waals surface area contributed by atoms with E-state index in [1.807, 2.05) is 24.3 Å². The fraction of sp³-hybridized carbons (Fsp3) is 0.278. The van der Waals surface area contributed by atoms with E-state index in [-0.39, 0.29) is 18.3 Å². The molecule has 4 heteroatoms. The second-order valence-corrected chi connectivity index (χ2v) is 5.21. The number of aryl methyl sites for hydroxylation is 1. The van der Waals surface area contributed by atoms with Gasteiger partial charge in [-0.25, -0.2) is 4.39 Å². The molecule has 0 spiro atoms. The number of carbonyl (C=O) groups is 1. The summed E-state index contributed by atoms with van der Waals surface area (Å²) in [5.41, 5.74) is 2.63. The average Bonchev–Trinajstić information content (AvgIpc) is 2.52. The number of rotatable bonds is 7. The second kappa shape index (κ2) is 8.17. The number of hydrogen-bond acceptors (Lipinski definition) is 2. The molecule has 3 nitrogen and oxygen atoms in total. The van der Waals surface area contributed by atoms with E-state index in [4.69, 9.17) is 0 Å². The van der Waals surface area contributed by atoms with Crippen LogP contribution in [0.4, 0.5) is 15.8 Å². The zero-order valence-electron chi connectivity index (χ0n) is 12.7. The van der Waals surface area contributed by atoms with Crippen molar-refractivity contribution in [2.75, 3.05) is 17.2 Å². The van der Waals surface area contributed by atoms with Gasteiger partial charge in [-0.05, 0) is 48.7 Å². The Labute approximate surface area is 130 Å². The van der Waals surface area contributed by atoms with Crippen LogP contribution < -0.4 is 10.6 Å². The van der Waals surface area contributed by atoms with Crippen LogP contribution >= 0.6 is 0 Å². The SMILES string of the molecule is CCCCc1ccc(NC(=O)CNc2cccc(F)c2)cc1. The molecular weight excluding hydrogens is 279 g/mol. The monoisotopic (exact) mass is 300 g/mol. The predicted molar refractivity (Wildman–Crippen MR) is 88.6 cm³/mol. The van der Waals surface area contributed by atoms with Crippen LogP contribution in [-0.4, -0.2) is 12.5 Å². The minimum atomic E-state index is -0.326. The van der Waals surface area contributed by atoms with Gasteiger partial charge in [0.05, 0.1) is 6.54 Å². The molecule has 0 radical (unpaired) electrons. The minimum absolute atomic E-state index is 0.0983. The number of benzene rings is 2. The standard InChI is InChI=1S/C18H21FN2O/c1-2-3-5-14-8-10-16(11-9-14)21-18(22)13-20-17-7-4-6-15(19)12-17/h4,6-12,20H,2-3,5,13H2,1H3,(H,21,22). The number of anilines is 2. The Kier molecular flexibility index (Phi) is 5.95. The van der Waals surface area contributed by atoms with Crippen LogP contribution in [-0.2, 0) is 11.2 Å². The van der Waals surface area contributed by atoms with Crippen molar-refractivity contribution < 1.29 is 9.18 Å². The van der Waals surface area contributed by atoms with Crippen molar-refractivity contribution >= 4 is 17.3 Å². The van der Waals surface area contributed by atoms with Gasteiger partial charge in [0.15, 0.2) is 0 Å². The molecule has 0 saturated heterocycles. The van der Waals surface area contributed by atoms with Gasteiger partial charge in [0.25, 0.3) is 0 Å². The topological polar surface area (TPSA) is 41.1 Å². The highest BCUT2D eigenvalue weighted by atomic mass is 19.1. The van der Waals surface area contributed by atoms with E-state index in [9.17, 15) is 9.18 Å². The van der Waals surface area contributed by atoms with Crippen molar-refractivity contribution in [1.82, 2.24) is 0 Å². The van der Waals surface area contributed by atoms with Gasteiger partial charge in [0.1, 0.15) is 5.82 Å². The highest BCUT2D eigenvalue weighted by Gasteiger charge is 2.03. The van der Waals surface area contributed by atoms with Crippen molar-refractivity contribution in [1.29, 1.82) is 0 Å². The molecule has 0 aliphatic heterocycles. The molecule has 0 fully saturated rings. The Balaban J connectivity index is 1.81. The van der Waals surface area contributed by atoms with Gasteiger partial charge in [-0.2, -0.15) is 0 Å². The number of carbonyl (C=O) groups excluding carboxylic acids is 1. The number of amides is 1. The Morgan fingerprint density at radius 1 is 1.09 bits per heavy atom. The van der Waals surface area contributed by atoms with Crippen molar-refractivity contribution in [3.63, 3.8) is 0 Å². The number of unbranched alkanes of at least 4 members (excludes halogenated alkanes) is 1. The van der Waals surface area contributed by atoms with Crippen LogP contribution in [0, 0.1) is 5.82 Å². The van der Waals surface area contributed by atoms with Crippen LogP contribution in [0.2, 0.25) is 0 Å². The maximum atomic E-state index is 13.0. The van der Waals surface area contributed by atoms with Gasteiger partial charge in [0, 0.05) is 11.4 Å². The van der Waals surface area contributed by atoms with Crippen LogP contribution in [0.5, 0.6) is 0 Å². The molecule has 2 aromatic rings. The lowest BCUT2D eigenvalue weighted by atomic mass is 10.1. The molecule has 2 rings (SSSR count). The molecule has 0 saturated carbocycles. The quantitative estimate of drug-likeness (QED) is 0.804. The highest BCUT2D eigenvalue weighted by Crippen LogP contribution is 2.12. The molecule has 2 N–H and O–H groups in total. The van der Waals surface area contributed by atoms with E-state index >= 15 is 0 Å². The third-order valence-corrected chi connectivity index (χ3v) is 3.33. The molecular formula is C18H21FN2O. The fourth-order valence-electron chi connectivity index (χ4n) is 2.12. The van der Waals surface area contributed by atoms with Gasteiger partial charge in [-0.3, -0.25) is 4.79 Å². The van der Waals surface area contributed by atoms with Gasteiger partial charge in [-0.1, -0.05) is 31.5 Å². The molecule has 0 aliphatic carbocycles. The summed E-state index contributed by atoms with van der Waals surface area (Å²) >= 11 is 0. The molecule has 0 aromatic heterocycles. The smallest absolute Gasteiger partial charge is 0.243 e. The summed E-state index contributed by atoms with van der Waals surface area (Å²) in [5, 5.41) is 5.71. The molecule has 0 unspecified atom stereocenters. The summed E-state index contributed by atoms with van der Waals surface area (Å²) in [4.78, 5) is 11.9. The number of hydrogen-bond donors (Lipinski definition) is 2. The Bertz CT molecular complexity index is 611. The van der Waals surface area contributed by atoms with E-state index in [1.54, 1.807) is 12.1 Å². The lowest BCUT2D eigenvalue weighted by molar-refractivity contribution is -0.114. The fourth-order valence-corrected chi connectivity index (χ4v) is 2.12. The highest BCUT2D eigenvalue weighted by molar-refractivity contribution is 5.93. The van der Waals surface area contributed by atoms with Crippen LogP contribution in [0.1, 0.15) is 25.3 Å². The molecule has 1 amide bonds. The van der Waals surface area contributed by atoms with Crippen LogP contribution in [0.3, 0.4) is 0 Å². The largest absolute Gasteiger partial charge is 0.376 e. The summed E-state index contributed by atoms with van der Waals surface area (Å²) in [6.07, 6.45) is 3.40. The third-order valence-electron chi connectivity index (χ3n) is 3.33. The van der Waals surface area contributed by atoms with E-state index in [1.165, 1.54) is 30.5 Å². The molecule has 0 atom stereocenters. The third kappa shape index (κ3) is 5.20. The number of nitrogens with one attached hydrogen (secondary N) is 2. The van der Waals surface area contributed by atoms with Crippen molar-refractivity contribution in [2.45, 2.75) is 26.2 Å². The number of halogens is 1. The first kappa shape index (κ1) is 16.0. The average molecular weight is 300 g/mol. The molecule has 22 heavy (non-hydrogen) atoms. The van der Waals surface area contributed by atoms with Crippen molar-refractivity contribution in [3.05, 3.63) is 59.9 Å². The van der Waals surface area contributed by atoms with Crippen molar-refractivity contribution in [2.24, 2.45) is 0 Å². The zero-order valence-corrected chi connectivity index (χ0v) is 12.7. The molecule has 2 aromatic carbocycles. The maximum absolute atomic E-state index is 13.0. The Morgan fingerprint density at radius 3 is 2.55 bits per heavy atom. The normalized spacial score (nSPS) is 10.3. The van der Waals surface area contributed by atoms with E-state index in [2.05, 4.69) is 17.6 Å². The van der Waals surface area contributed by atoms with Crippen molar-refractivity contribution in [3.8, 4) is 0 Å². The van der Waals surface area contributed by atoms with E-state index in [0.717, 1.165) is 12.1 Å². The lowest BCUT2D eigenvalue weighted by Gasteiger charge is -2.08. The Morgan fingerprint density at radius 2 is 1.86 bits per heavy atom. The Hall–Kier alpha value is -2.36. The van der Waals surface area contributed by atoms with Gasteiger partial charge >= 0.3 is 0 Å². The molecule has 0 bridgehead atoms. The van der Waals surface area contributed by atoms with E-state index < -0.39 is 0 Å².